The first-order valence-corrected chi connectivity index (χ1v) is 8.17. The van der Waals surface area contributed by atoms with Crippen molar-refractivity contribution < 1.29 is 14.0 Å². The van der Waals surface area contributed by atoms with Gasteiger partial charge in [-0.25, -0.2) is 0 Å². The largest absolute Gasteiger partial charge is 0.456 e. The minimum absolute atomic E-state index is 0.140. The maximum Gasteiger partial charge on any atom is 0.287 e. The lowest BCUT2D eigenvalue weighted by molar-refractivity contribution is -0.124. The van der Waals surface area contributed by atoms with Gasteiger partial charge in [-0.2, -0.15) is 0 Å². The number of likely N-dealkylation sites (N-methyl/N-ethyl adjacent to an activating group) is 1. The van der Waals surface area contributed by atoms with Crippen molar-refractivity contribution in [2.45, 2.75) is 46.1 Å². The van der Waals surface area contributed by atoms with Gasteiger partial charge in [0.1, 0.15) is 11.3 Å². The molecule has 2 N–H and O–H groups in total. The van der Waals surface area contributed by atoms with Crippen LogP contribution in [0.25, 0.3) is 6.08 Å². The lowest BCUT2D eigenvalue weighted by atomic mass is 10.0. The van der Waals surface area contributed by atoms with Crippen LogP contribution in [0.2, 0.25) is 0 Å². The third-order valence-electron chi connectivity index (χ3n) is 4.50. The molecule has 1 saturated carbocycles. The fraction of sp³-hybridized carbons (Fsp3) is 0.556. The summed E-state index contributed by atoms with van der Waals surface area (Å²) in [7, 11) is 1.59. The van der Waals surface area contributed by atoms with Crippen LogP contribution in [0, 0.1) is 18.8 Å². The van der Waals surface area contributed by atoms with Crippen molar-refractivity contribution >= 4 is 17.9 Å². The van der Waals surface area contributed by atoms with E-state index >= 15 is 0 Å². The topological polar surface area (TPSA) is 71.3 Å². The second-order valence-corrected chi connectivity index (χ2v) is 6.49. The number of furan rings is 1. The van der Waals surface area contributed by atoms with E-state index in [9.17, 15) is 9.59 Å². The van der Waals surface area contributed by atoms with Crippen molar-refractivity contribution in [2.75, 3.05) is 7.05 Å². The van der Waals surface area contributed by atoms with Gasteiger partial charge in [-0.15, -0.1) is 0 Å². The molecule has 23 heavy (non-hydrogen) atoms. The Morgan fingerprint density at radius 1 is 1.48 bits per heavy atom. The molecule has 5 nitrogen and oxygen atoms in total. The van der Waals surface area contributed by atoms with Crippen LogP contribution >= 0.6 is 0 Å². The zero-order valence-corrected chi connectivity index (χ0v) is 14.5. The third kappa shape index (κ3) is 3.33. The van der Waals surface area contributed by atoms with E-state index < -0.39 is 5.54 Å². The van der Waals surface area contributed by atoms with E-state index in [1.807, 2.05) is 26.0 Å². The average molecular weight is 318 g/mol. The molecule has 2 amide bonds. The molecule has 1 aliphatic carbocycles. The second kappa shape index (κ2) is 6.60. The summed E-state index contributed by atoms with van der Waals surface area (Å²) in [6.45, 7) is 8.00. The number of hydrogen-bond acceptors (Lipinski definition) is 3. The van der Waals surface area contributed by atoms with E-state index in [0.29, 0.717) is 18.1 Å². The highest BCUT2D eigenvalue weighted by Gasteiger charge is 2.61. The summed E-state index contributed by atoms with van der Waals surface area (Å²) in [6, 6.07) is 1.72. The van der Waals surface area contributed by atoms with Gasteiger partial charge >= 0.3 is 0 Å². The molecule has 1 fully saturated rings. The highest BCUT2D eigenvalue weighted by atomic mass is 16.3. The molecular formula is C18H26N2O3. The molecule has 1 aromatic heterocycles. The van der Waals surface area contributed by atoms with E-state index in [-0.39, 0.29) is 23.5 Å². The lowest BCUT2D eigenvalue weighted by Gasteiger charge is -2.18. The maximum atomic E-state index is 12.5. The Kier molecular flexibility index (Phi) is 4.97. The third-order valence-corrected chi connectivity index (χ3v) is 4.50. The molecule has 5 heteroatoms. The quantitative estimate of drug-likeness (QED) is 0.847. The number of carbonyl (C=O) groups excluding carboxylic acids is 2. The van der Waals surface area contributed by atoms with Crippen molar-refractivity contribution in [1.29, 1.82) is 0 Å². The van der Waals surface area contributed by atoms with Crippen LogP contribution in [0.3, 0.4) is 0 Å². The van der Waals surface area contributed by atoms with Gasteiger partial charge in [0.15, 0.2) is 5.76 Å². The Balaban J connectivity index is 2.18. The lowest BCUT2D eigenvalue weighted by Crippen LogP contribution is -2.50. The van der Waals surface area contributed by atoms with Gasteiger partial charge in [-0.3, -0.25) is 9.59 Å². The predicted molar refractivity (Wildman–Crippen MR) is 90.0 cm³/mol. The first kappa shape index (κ1) is 17.3. The van der Waals surface area contributed by atoms with Gasteiger partial charge in [0, 0.05) is 12.6 Å². The van der Waals surface area contributed by atoms with Crippen LogP contribution in [-0.2, 0) is 4.79 Å². The van der Waals surface area contributed by atoms with Crippen LogP contribution in [0.1, 0.15) is 55.5 Å². The average Bonchev–Trinajstić information content (AvgIpc) is 3.13. The predicted octanol–water partition coefficient (Wildman–Crippen LogP) is 2.90. The number of rotatable bonds is 6. The Bertz CT molecular complexity index is 630. The van der Waals surface area contributed by atoms with Gasteiger partial charge in [-0.05, 0) is 37.7 Å². The molecule has 1 aromatic rings. The number of hydrogen-bond donors (Lipinski definition) is 2. The van der Waals surface area contributed by atoms with Crippen LogP contribution in [0.15, 0.2) is 16.6 Å². The summed E-state index contributed by atoms with van der Waals surface area (Å²) >= 11 is 0. The van der Waals surface area contributed by atoms with Gasteiger partial charge < -0.3 is 15.1 Å². The molecule has 1 unspecified atom stereocenters. The molecule has 0 aliphatic heterocycles. The summed E-state index contributed by atoms with van der Waals surface area (Å²) in [5, 5.41) is 5.55. The SMILES string of the molecule is CC/C=C\c1cc(C(=O)NC2(C(=O)NC)C[C@H]2C(C)C)oc1C. The van der Waals surface area contributed by atoms with Gasteiger partial charge in [-0.1, -0.05) is 32.9 Å². The van der Waals surface area contributed by atoms with Gasteiger partial charge in [0.25, 0.3) is 5.91 Å². The van der Waals surface area contributed by atoms with E-state index in [0.717, 1.165) is 12.0 Å². The van der Waals surface area contributed by atoms with E-state index in [2.05, 4.69) is 24.5 Å². The molecule has 126 valence electrons. The fourth-order valence-electron chi connectivity index (χ4n) is 3.06. The van der Waals surface area contributed by atoms with Crippen LogP contribution in [0.4, 0.5) is 0 Å². The number of nitrogens with one attached hydrogen (secondary N) is 2. The molecule has 0 aromatic carbocycles. The summed E-state index contributed by atoms with van der Waals surface area (Å²) in [5.41, 5.74) is 0.0855. The van der Waals surface area contributed by atoms with Crippen LogP contribution < -0.4 is 10.6 Å². The molecule has 0 spiro atoms. The van der Waals surface area contributed by atoms with Crippen LogP contribution in [-0.4, -0.2) is 24.4 Å². The van der Waals surface area contributed by atoms with Crippen LogP contribution in [0.5, 0.6) is 0 Å². The number of aryl methyl sites for hydroxylation is 1. The second-order valence-electron chi connectivity index (χ2n) is 6.49. The number of carbonyl (C=O) groups is 2. The Morgan fingerprint density at radius 3 is 2.70 bits per heavy atom. The Hall–Kier alpha value is -2.04. The Morgan fingerprint density at radius 2 is 2.17 bits per heavy atom. The minimum Gasteiger partial charge on any atom is -0.456 e. The highest BCUT2D eigenvalue weighted by Crippen LogP contribution is 2.48. The molecule has 2 rings (SSSR count). The van der Waals surface area contributed by atoms with Crippen molar-refractivity contribution in [3.05, 3.63) is 29.2 Å². The van der Waals surface area contributed by atoms with Gasteiger partial charge in [0.2, 0.25) is 5.91 Å². The first-order chi connectivity index (χ1) is 10.9. The van der Waals surface area contributed by atoms with Gasteiger partial charge in [0.05, 0.1) is 0 Å². The molecule has 0 saturated heterocycles. The molecule has 0 bridgehead atoms. The smallest absolute Gasteiger partial charge is 0.287 e. The van der Waals surface area contributed by atoms with Crippen molar-refractivity contribution in [3.63, 3.8) is 0 Å². The zero-order chi connectivity index (χ0) is 17.2. The summed E-state index contributed by atoms with van der Waals surface area (Å²) in [6.07, 6.45) is 5.54. The normalized spacial score (nSPS) is 23.3. The zero-order valence-electron chi connectivity index (χ0n) is 14.5. The number of amides is 2. The Labute approximate surface area is 137 Å². The summed E-state index contributed by atoms with van der Waals surface area (Å²) in [4.78, 5) is 24.7. The van der Waals surface area contributed by atoms with E-state index in [4.69, 9.17) is 4.42 Å². The molecule has 1 heterocycles. The van der Waals surface area contributed by atoms with E-state index in [1.54, 1.807) is 13.1 Å². The molecular weight excluding hydrogens is 292 g/mol. The summed E-state index contributed by atoms with van der Waals surface area (Å²) < 4.78 is 5.56. The standard InChI is InChI=1S/C18H26N2O3/c1-6-7-8-13-9-15(23-12(13)4)16(21)20-18(17(22)19-5)10-14(18)11(2)3/h7-9,11,14H,6,10H2,1-5H3,(H,19,22)(H,20,21)/b8-7-/t14-,18?/m0/s1. The summed E-state index contributed by atoms with van der Waals surface area (Å²) in [5.74, 6) is 0.951. The molecule has 0 radical (unpaired) electrons. The number of allylic oxidation sites excluding steroid dienone is 1. The molecule has 1 aliphatic rings. The highest BCUT2D eigenvalue weighted by molar-refractivity contribution is 6.00. The van der Waals surface area contributed by atoms with Crippen molar-refractivity contribution in [2.24, 2.45) is 11.8 Å². The first-order valence-electron chi connectivity index (χ1n) is 8.17. The monoisotopic (exact) mass is 318 g/mol. The fourth-order valence-corrected chi connectivity index (χ4v) is 3.06. The van der Waals surface area contributed by atoms with E-state index in [1.165, 1.54) is 0 Å². The maximum absolute atomic E-state index is 12.5. The van der Waals surface area contributed by atoms with Crippen molar-refractivity contribution in [3.8, 4) is 0 Å². The molecule has 2 atom stereocenters. The minimum atomic E-state index is -0.805. The van der Waals surface area contributed by atoms with Crippen molar-refractivity contribution in [1.82, 2.24) is 10.6 Å².